The molecule has 0 spiro atoms. The fourth-order valence-corrected chi connectivity index (χ4v) is 3.18. The number of carbonyl (C=O) groups excluding carboxylic acids is 1. The highest BCUT2D eigenvalue weighted by molar-refractivity contribution is 6.18. The molecule has 4 aromatic rings. The third kappa shape index (κ3) is 3.22. The van der Waals surface area contributed by atoms with Crippen LogP contribution in [0.4, 0.5) is 22.7 Å². The van der Waals surface area contributed by atoms with Crippen LogP contribution in [0.25, 0.3) is 21.5 Å². The molecule has 0 aromatic heterocycles. The smallest absolute Gasteiger partial charge is 0.221 e. The molecule has 27 heavy (non-hydrogen) atoms. The highest BCUT2D eigenvalue weighted by atomic mass is 16.1. The summed E-state index contributed by atoms with van der Waals surface area (Å²) in [6, 6.07) is 23.3. The summed E-state index contributed by atoms with van der Waals surface area (Å²) < 4.78 is 0. The van der Waals surface area contributed by atoms with E-state index in [-0.39, 0.29) is 5.91 Å². The lowest BCUT2D eigenvalue weighted by Gasteiger charge is -2.10. The van der Waals surface area contributed by atoms with Crippen LogP contribution in [0, 0.1) is 0 Å². The van der Waals surface area contributed by atoms with E-state index in [1.54, 1.807) is 24.3 Å². The van der Waals surface area contributed by atoms with Crippen LogP contribution in [0.1, 0.15) is 6.92 Å². The molecule has 1 amide bonds. The van der Waals surface area contributed by atoms with E-state index in [1.807, 2.05) is 36.4 Å². The second-order valence-electron chi connectivity index (χ2n) is 6.28. The number of benzene rings is 4. The molecule has 0 aliphatic heterocycles. The molecule has 0 saturated carbocycles. The summed E-state index contributed by atoms with van der Waals surface area (Å²) in [7, 11) is 0. The number of azo groups is 1. The van der Waals surface area contributed by atoms with Crippen molar-refractivity contribution in [3.05, 3.63) is 72.8 Å². The quantitative estimate of drug-likeness (QED) is 0.271. The van der Waals surface area contributed by atoms with Gasteiger partial charge in [-0.05, 0) is 35.0 Å². The summed E-state index contributed by atoms with van der Waals surface area (Å²) in [5, 5.41) is 15.7. The van der Waals surface area contributed by atoms with Gasteiger partial charge >= 0.3 is 0 Å². The van der Waals surface area contributed by atoms with Crippen molar-refractivity contribution >= 4 is 50.2 Å². The van der Waals surface area contributed by atoms with E-state index < -0.39 is 0 Å². The molecule has 0 atom stereocenters. The number of amides is 1. The van der Waals surface area contributed by atoms with Crippen LogP contribution in [0.15, 0.2) is 83.0 Å². The van der Waals surface area contributed by atoms with Crippen molar-refractivity contribution in [1.82, 2.24) is 0 Å². The zero-order chi connectivity index (χ0) is 18.8. The van der Waals surface area contributed by atoms with Crippen molar-refractivity contribution in [3.63, 3.8) is 0 Å². The minimum Gasteiger partial charge on any atom is -0.396 e. The van der Waals surface area contributed by atoms with Gasteiger partial charge in [-0.1, -0.05) is 48.5 Å². The Kier molecular flexibility index (Phi) is 4.26. The molecule has 0 fully saturated rings. The van der Waals surface area contributed by atoms with Crippen LogP contribution in [0.5, 0.6) is 0 Å². The van der Waals surface area contributed by atoms with Crippen molar-refractivity contribution in [3.8, 4) is 0 Å². The molecular weight excluding hydrogens is 336 g/mol. The maximum Gasteiger partial charge on any atom is 0.221 e. The maximum atomic E-state index is 11.1. The first-order valence-corrected chi connectivity index (χ1v) is 8.62. The molecule has 5 nitrogen and oxygen atoms in total. The predicted molar refractivity (Wildman–Crippen MR) is 111 cm³/mol. The molecular formula is C22H18N4O. The lowest BCUT2D eigenvalue weighted by atomic mass is 9.99. The Bertz CT molecular complexity index is 1180. The molecule has 0 heterocycles. The van der Waals surface area contributed by atoms with Gasteiger partial charge in [0.2, 0.25) is 5.91 Å². The van der Waals surface area contributed by atoms with E-state index in [0.29, 0.717) is 17.1 Å². The van der Waals surface area contributed by atoms with Gasteiger partial charge in [-0.25, -0.2) is 0 Å². The number of hydrogen-bond donors (Lipinski definition) is 2. The van der Waals surface area contributed by atoms with E-state index in [4.69, 9.17) is 5.73 Å². The van der Waals surface area contributed by atoms with Gasteiger partial charge in [0.15, 0.2) is 0 Å². The second kappa shape index (κ2) is 6.88. The molecule has 132 valence electrons. The average molecular weight is 354 g/mol. The first kappa shape index (κ1) is 16.7. The molecule has 0 aliphatic carbocycles. The summed E-state index contributed by atoms with van der Waals surface area (Å²) in [4.78, 5) is 11.1. The van der Waals surface area contributed by atoms with Crippen molar-refractivity contribution in [2.45, 2.75) is 6.92 Å². The standard InChI is InChI=1S/C22H18N4O/c1-14(27)24-15-10-12-16(13-11-15)25-26-22-20-9-5-3-7-18(20)17-6-2-4-8-19(17)21(22)23/h2-13H,23H2,1H3,(H,24,27). The third-order valence-corrected chi connectivity index (χ3v) is 4.40. The molecule has 4 aromatic carbocycles. The van der Waals surface area contributed by atoms with Crippen LogP contribution in [-0.4, -0.2) is 5.91 Å². The maximum absolute atomic E-state index is 11.1. The topological polar surface area (TPSA) is 79.8 Å². The molecule has 0 saturated heterocycles. The summed E-state index contributed by atoms with van der Waals surface area (Å²) >= 11 is 0. The lowest BCUT2D eigenvalue weighted by Crippen LogP contribution is -2.04. The minimum absolute atomic E-state index is 0.111. The average Bonchev–Trinajstić information content (AvgIpc) is 2.69. The first-order valence-electron chi connectivity index (χ1n) is 8.62. The highest BCUT2D eigenvalue weighted by Crippen LogP contribution is 2.40. The Labute approximate surface area is 156 Å². The van der Waals surface area contributed by atoms with E-state index in [9.17, 15) is 4.79 Å². The van der Waals surface area contributed by atoms with Crippen LogP contribution < -0.4 is 11.1 Å². The van der Waals surface area contributed by atoms with E-state index in [1.165, 1.54) is 6.92 Å². The molecule has 0 aliphatic rings. The Balaban J connectivity index is 1.80. The molecule has 0 unspecified atom stereocenters. The summed E-state index contributed by atoms with van der Waals surface area (Å²) in [6.45, 7) is 1.47. The van der Waals surface area contributed by atoms with Gasteiger partial charge in [0, 0.05) is 23.4 Å². The number of nitrogen functional groups attached to an aromatic ring is 1. The normalized spacial score (nSPS) is 11.3. The summed E-state index contributed by atoms with van der Waals surface area (Å²) in [5.74, 6) is -0.111. The second-order valence-corrected chi connectivity index (χ2v) is 6.28. The Morgan fingerprint density at radius 1 is 0.778 bits per heavy atom. The number of nitrogens with two attached hydrogens (primary N) is 1. The van der Waals surface area contributed by atoms with Crippen molar-refractivity contribution in [2.75, 3.05) is 11.1 Å². The number of rotatable bonds is 3. The van der Waals surface area contributed by atoms with Gasteiger partial charge in [0.25, 0.3) is 0 Å². The fraction of sp³-hybridized carbons (Fsp3) is 0.0455. The molecule has 3 N–H and O–H groups in total. The van der Waals surface area contributed by atoms with E-state index >= 15 is 0 Å². The third-order valence-electron chi connectivity index (χ3n) is 4.40. The highest BCUT2D eigenvalue weighted by Gasteiger charge is 2.11. The molecule has 0 radical (unpaired) electrons. The van der Waals surface area contributed by atoms with E-state index in [2.05, 4.69) is 27.7 Å². The lowest BCUT2D eigenvalue weighted by molar-refractivity contribution is -0.114. The number of hydrogen-bond acceptors (Lipinski definition) is 4. The SMILES string of the molecule is CC(=O)Nc1ccc(N=Nc2c(N)c3ccccc3c3ccccc23)cc1. The number of anilines is 2. The van der Waals surface area contributed by atoms with Crippen molar-refractivity contribution in [1.29, 1.82) is 0 Å². The Morgan fingerprint density at radius 3 is 1.96 bits per heavy atom. The zero-order valence-electron chi connectivity index (χ0n) is 14.8. The Hall–Kier alpha value is -3.73. The monoisotopic (exact) mass is 354 g/mol. The minimum atomic E-state index is -0.111. The van der Waals surface area contributed by atoms with Crippen LogP contribution in [0.3, 0.4) is 0 Å². The number of nitrogens with one attached hydrogen (secondary N) is 1. The Morgan fingerprint density at radius 2 is 1.33 bits per heavy atom. The van der Waals surface area contributed by atoms with E-state index in [0.717, 1.165) is 27.2 Å². The predicted octanol–water partition coefficient (Wildman–Crippen LogP) is 5.95. The van der Waals surface area contributed by atoms with Gasteiger partial charge in [-0.2, -0.15) is 5.11 Å². The van der Waals surface area contributed by atoms with Gasteiger partial charge in [-0.3, -0.25) is 4.79 Å². The van der Waals surface area contributed by atoms with Gasteiger partial charge in [0.05, 0.1) is 11.4 Å². The number of carbonyl (C=O) groups is 1. The fourth-order valence-electron chi connectivity index (χ4n) is 3.18. The molecule has 4 rings (SSSR count). The van der Waals surface area contributed by atoms with Crippen LogP contribution in [-0.2, 0) is 4.79 Å². The van der Waals surface area contributed by atoms with Crippen molar-refractivity contribution in [2.24, 2.45) is 10.2 Å². The van der Waals surface area contributed by atoms with Crippen LogP contribution in [0.2, 0.25) is 0 Å². The molecule has 0 bridgehead atoms. The summed E-state index contributed by atoms with van der Waals surface area (Å²) in [6.07, 6.45) is 0. The van der Waals surface area contributed by atoms with Crippen molar-refractivity contribution < 1.29 is 4.79 Å². The first-order chi connectivity index (χ1) is 13.1. The van der Waals surface area contributed by atoms with Gasteiger partial charge in [-0.15, -0.1) is 5.11 Å². The number of nitrogens with zero attached hydrogens (tertiary/aromatic N) is 2. The largest absolute Gasteiger partial charge is 0.396 e. The number of fused-ring (bicyclic) bond motifs is 3. The molecule has 5 heteroatoms. The van der Waals surface area contributed by atoms with Crippen LogP contribution >= 0.6 is 0 Å². The van der Waals surface area contributed by atoms with Gasteiger partial charge < -0.3 is 11.1 Å². The zero-order valence-corrected chi connectivity index (χ0v) is 14.8. The van der Waals surface area contributed by atoms with Gasteiger partial charge in [0.1, 0.15) is 5.69 Å². The summed E-state index contributed by atoms with van der Waals surface area (Å²) in [5.41, 5.74) is 9.10.